The molecule has 1 heterocycles. The van der Waals surface area contributed by atoms with Crippen LogP contribution in [0.3, 0.4) is 0 Å². The van der Waals surface area contributed by atoms with Gasteiger partial charge in [-0.05, 0) is 89.9 Å². The van der Waals surface area contributed by atoms with Crippen molar-refractivity contribution >= 4 is 5.97 Å². The average Bonchev–Trinajstić information content (AvgIpc) is 3.55. The molecule has 2 atom stereocenters. The fraction of sp³-hybridized carbons (Fsp3) is 0.286. The van der Waals surface area contributed by atoms with E-state index < -0.39 is 23.8 Å². The maximum atomic E-state index is 14.4. The van der Waals surface area contributed by atoms with Crippen molar-refractivity contribution in [3.8, 4) is 28.4 Å². The van der Waals surface area contributed by atoms with E-state index in [1.54, 1.807) is 24.3 Å². The van der Waals surface area contributed by atoms with Crippen LogP contribution in [0, 0.1) is 13.8 Å². The van der Waals surface area contributed by atoms with Gasteiger partial charge in [0.25, 0.3) is 0 Å². The number of benzene rings is 4. The standard InChI is InChI=1S/C35H31F3O5/c1-20-14-25(41-18-22-6-4-3-5-7-22)15-21(2)33(20)34-28-11-13-30(27(28)10-12-29(34)35(36,37)38)43-24-8-9-26-23(16-32(39)40)19-42-31(26)17-24/h3-10,12,14-15,17,23,30H,11,13,16,18-19H2,1-2H3,(H,39,40). The Hall–Kier alpha value is -4.46. The average molecular weight is 589 g/mol. The Labute approximate surface area is 247 Å². The van der Waals surface area contributed by atoms with Crippen LogP contribution in [-0.4, -0.2) is 17.7 Å². The number of ether oxygens (including phenoxy) is 3. The molecule has 1 N–H and O–H groups in total. The van der Waals surface area contributed by atoms with Crippen molar-refractivity contribution in [3.05, 3.63) is 112 Å². The molecule has 0 aromatic heterocycles. The molecule has 1 aliphatic carbocycles. The van der Waals surface area contributed by atoms with E-state index in [0.717, 1.165) is 22.8 Å². The second-order valence-corrected chi connectivity index (χ2v) is 11.2. The molecule has 2 aliphatic rings. The van der Waals surface area contributed by atoms with Gasteiger partial charge in [-0.25, -0.2) is 0 Å². The van der Waals surface area contributed by atoms with E-state index in [9.17, 15) is 18.0 Å². The summed E-state index contributed by atoms with van der Waals surface area (Å²) in [5.74, 6) is 0.600. The number of carboxylic acids is 1. The molecule has 1 aliphatic heterocycles. The molecule has 8 heteroatoms. The van der Waals surface area contributed by atoms with E-state index in [4.69, 9.17) is 19.3 Å². The molecule has 2 unspecified atom stereocenters. The highest BCUT2D eigenvalue weighted by molar-refractivity contribution is 5.80. The van der Waals surface area contributed by atoms with E-state index in [0.29, 0.717) is 59.0 Å². The van der Waals surface area contributed by atoms with Gasteiger partial charge in [0, 0.05) is 17.5 Å². The van der Waals surface area contributed by atoms with Crippen molar-refractivity contribution in [2.75, 3.05) is 6.61 Å². The third-order valence-electron chi connectivity index (χ3n) is 8.23. The minimum Gasteiger partial charge on any atom is -0.492 e. The number of rotatable bonds is 8. The molecule has 0 radical (unpaired) electrons. The van der Waals surface area contributed by atoms with Crippen LogP contribution in [0.25, 0.3) is 11.1 Å². The van der Waals surface area contributed by atoms with Gasteiger partial charge in [0.2, 0.25) is 0 Å². The normalized spacial score (nSPS) is 17.2. The van der Waals surface area contributed by atoms with Crippen LogP contribution < -0.4 is 14.2 Å². The van der Waals surface area contributed by atoms with Crippen LogP contribution in [-0.2, 0) is 24.0 Å². The van der Waals surface area contributed by atoms with Crippen LogP contribution in [0.15, 0.2) is 72.8 Å². The van der Waals surface area contributed by atoms with E-state index >= 15 is 0 Å². The lowest BCUT2D eigenvalue weighted by molar-refractivity contribution is -0.138. The molecule has 222 valence electrons. The third kappa shape index (κ3) is 5.78. The number of hydrogen-bond donors (Lipinski definition) is 1. The molecule has 0 spiro atoms. The zero-order valence-electron chi connectivity index (χ0n) is 23.8. The summed E-state index contributed by atoms with van der Waals surface area (Å²) in [5, 5.41) is 9.17. The van der Waals surface area contributed by atoms with Gasteiger partial charge in [-0.3, -0.25) is 4.79 Å². The van der Waals surface area contributed by atoms with E-state index in [2.05, 4.69) is 0 Å². The van der Waals surface area contributed by atoms with Crippen LogP contribution in [0.1, 0.15) is 63.8 Å². The summed E-state index contributed by atoms with van der Waals surface area (Å²) in [6.45, 7) is 4.29. The topological polar surface area (TPSA) is 65.0 Å². The highest BCUT2D eigenvalue weighted by Gasteiger charge is 2.39. The first kappa shape index (κ1) is 28.6. The summed E-state index contributed by atoms with van der Waals surface area (Å²) in [4.78, 5) is 11.2. The van der Waals surface area contributed by atoms with Crippen LogP contribution in [0.5, 0.6) is 17.2 Å². The molecule has 4 aromatic rings. The number of aliphatic carboxylic acids is 1. The molecule has 0 fully saturated rings. The summed E-state index contributed by atoms with van der Waals surface area (Å²) in [5.41, 5.74) is 4.72. The lowest BCUT2D eigenvalue weighted by Crippen LogP contribution is -2.11. The second kappa shape index (κ2) is 11.3. The first-order chi connectivity index (χ1) is 20.6. The fourth-order valence-corrected chi connectivity index (χ4v) is 6.33. The lowest BCUT2D eigenvalue weighted by Gasteiger charge is -2.22. The van der Waals surface area contributed by atoms with Crippen molar-refractivity contribution in [1.29, 1.82) is 0 Å². The number of hydrogen-bond acceptors (Lipinski definition) is 4. The molecule has 4 aromatic carbocycles. The van der Waals surface area contributed by atoms with Gasteiger partial charge in [0.15, 0.2) is 0 Å². The van der Waals surface area contributed by atoms with Crippen molar-refractivity contribution < 1.29 is 37.3 Å². The van der Waals surface area contributed by atoms with Gasteiger partial charge in [-0.2, -0.15) is 13.2 Å². The summed E-state index contributed by atoms with van der Waals surface area (Å²) < 4.78 is 61.3. The molecular weight excluding hydrogens is 557 g/mol. The van der Waals surface area contributed by atoms with Crippen molar-refractivity contribution in [2.24, 2.45) is 0 Å². The predicted molar refractivity (Wildman–Crippen MR) is 156 cm³/mol. The molecule has 0 bridgehead atoms. The molecule has 43 heavy (non-hydrogen) atoms. The highest BCUT2D eigenvalue weighted by Crippen LogP contribution is 2.48. The minimum atomic E-state index is -4.53. The Morgan fingerprint density at radius 3 is 2.35 bits per heavy atom. The van der Waals surface area contributed by atoms with Gasteiger partial charge >= 0.3 is 12.1 Å². The minimum absolute atomic E-state index is 0.0213. The number of fused-ring (bicyclic) bond motifs is 2. The quantitative estimate of drug-likeness (QED) is 0.223. The van der Waals surface area contributed by atoms with Crippen molar-refractivity contribution in [1.82, 2.24) is 0 Å². The van der Waals surface area contributed by atoms with E-state index in [-0.39, 0.29) is 24.5 Å². The summed E-state index contributed by atoms with van der Waals surface area (Å²) in [6.07, 6.45) is -4.02. The molecular formula is C35H31F3O5. The summed E-state index contributed by atoms with van der Waals surface area (Å²) in [7, 11) is 0. The van der Waals surface area contributed by atoms with Gasteiger partial charge in [0.1, 0.15) is 30.0 Å². The largest absolute Gasteiger partial charge is 0.492 e. The Kier molecular flexibility index (Phi) is 7.54. The first-order valence-electron chi connectivity index (χ1n) is 14.2. The van der Waals surface area contributed by atoms with Crippen LogP contribution >= 0.6 is 0 Å². The number of aryl methyl sites for hydroxylation is 2. The predicted octanol–water partition coefficient (Wildman–Crippen LogP) is 8.59. The number of carbonyl (C=O) groups is 1. The van der Waals surface area contributed by atoms with E-state index in [1.165, 1.54) is 6.07 Å². The molecule has 6 rings (SSSR count). The highest BCUT2D eigenvalue weighted by atomic mass is 19.4. The monoisotopic (exact) mass is 588 g/mol. The maximum Gasteiger partial charge on any atom is 0.417 e. The van der Waals surface area contributed by atoms with Gasteiger partial charge in [-0.15, -0.1) is 0 Å². The SMILES string of the molecule is Cc1cc(OCc2ccccc2)cc(C)c1-c1c(C(F)(F)F)ccc2c1CCC2Oc1ccc2c(c1)OCC2CC(=O)O. The molecule has 0 saturated carbocycles. The Balaban J connectivity index is 1.31. The van der Waals surface area contributed by atoms with Crippen molar-refractivity contribution in [3.63, 3.8) is 0 Å². The smallest absolute Gasteiger partial charge is 0.417 e. The maximum absolute atomic E-state index is 14.4. The number of carboxylic acid groups (broad SMARTS) is 1. The Morgan fingerprint density at radius 1 is 0.930 bits per heavy atom. The molecule has 0 amide bonds. The van der Waals surface area contributed by atoms with Gasteiger partial charge in [0.05, 0.1) is 18.6 Å². The van der Waals surface area contributed by atoms with Crippen LogP contribution in [0.4, 0.5) is 13.2 Å². The summed E-state index contributed by atoms with van der Waals surface area (Å²) in [6, 6.07) is 21.3. The fourth-order valence-electron chi connectivity index (χ4n) is 6.33. The summed E-state index contributed by atoms with van der Waals surface area (Å²) >= 11 is 0. The molecule has 5 nitrogen and oxygen atoms in total. The zero-order chi connectivity index (χ0) is 30.3. The third-order valence-corrected chi connectivity index (χ3v) is 8.23. The number of alkyl halides is 3. The van der Waals surface area contributed by atoms with E-state index in [1.807, 2.05) is 50.2 Å². The van der Waals surface area contributed by atoms with Gasteiger partial charge < -0.3 is 19.3 Å². The van der Waals surface area contributed by atoms with Crippen LogP contribution in [0.2, 0.25) is 0 Å². The Morgan fingerprint density at radius 2 is 1.65 bits per heavy atom. The molecule has 0 saturated heterocycles. The second-order valence-electron chi connectivity index (χ2n) is 11.2. The Bertz CT molecular complexity index is 1660. The van der Waals surface area contributed by atoms with Crippen molar-refractivity contribution in [2.45, 2.75) is 57.9 Å². The lowest BCUT2D eigenvalue weighted by atomic mass is 9.86. The zero-order valence-corrected chi connectivity index (χ0v) is 23.8. The van der Waals surface area contributed by atoms with Gasteiger partial charge in [-0.1, -0.05) is 42.5 Å². The number of halogens is 3. The first-order valence-corrected chi connectivity index (χ1v) is 14.2.